The Morgan fingerprint density at radius 3 is 3.00 bits per heavy atom. The fraction of sp³-hybridized carbons (Fsp3) is 0.200. The summed E-state index contributed by atoms with van der Waals surface area (Å²) in [6, 6.07) is 9.60. The number of fused-ring (bicyclic) bond motifs is 1. The normalized spacial score (nSPS) is 16.6. The molecule has 1 unspecified atom stereocenters. The molecule has 2 aromatic carbocycles. The van der Waals surface area contributed by atoms with Crippen molar-refractivity contribution in [3.8, 4) is 11.5 Å². The highest BCUT2D eigenvalue weighted by molar-refractivity contribution is 6.31. The Morgan fingerprint density at radius 2 is 2.15 bits per heavy atom. The van der Waals surface area contributed by atoms with Crippen LogP contribution in [0.2, 0.25) is 5.02 Å². The maximum atomic E-state index is 13.1. The molecule has 0 fully saturated rings. The zero-order chi connectivity index (χ0) is 14.1. The molecule has 1 aliphatic heterocycles. The van der Waals surface area contributed by atoms with Crippen molar-refractivity contribution in [3.05, 3.63) is 58.4 Å². The monoisotopic (exact) mass is 293 g/mol. The van der Waals surface area contributed by atoms with Crippen LogP contribution in [-0.2, 0) is 6.61 Å². The third kappa shape index (κ3) is 2.57. The van der Waals surface area contributed by atoms with E-state index in [2.05, 4.69) is 0 Å². The number of halogens is 2. The Hall–Kier alpha value is -1.78. The van der Waals surface area contributed by atoms with E-state index < -0.39 is 0 Å². The summed E-state index contributed by atoms with van der Waals surface area (Å²) in [5, 5.41) is 0.478. The molecule has 0 saturated heterocycles. The number of hydrogen-bond acceptors (Lipinski definition) is 3. The summed E-state index contributed by atoms with van der Waals surface area (Å²) in [5.41, 5.74) is 7.45. The third-order valence-electron chi connectivity index (χ3n) is 3.20. The number of ether oxygens (including phenoxy) is 2. The molecule has 2 aromatic rings. The number of benzene rings is 2. The molecular weight excluding hydrogens is 281 g/mol. The highest BCUT2D eigenvalue weighted by Crippen LogP contribution is 2.34. The van der Waals surface area contributed by atoms with Crippen molar-refractivity contribution in [2.75, 3.05) is 6.61 Å². The Balaban J connectivity index is 1.74. The SMILES string of the molecule is NC1COc2cc(OCc3cc(F)ccc3Cl)ccc21. The second-order valence-corrected chi connectivity index (χ2v) is 5.05. The molecule has 104 valence electrons. The van der Waals surface area contributed by atoms with Crippen LogP contribution in [0.5, 0.6) is 11.5 Å². The molecule has 0 aliphatic carbocycles. The molecule has 0 saturated carbocycles. The average molecular weight is 294 g/mol. The molecule has 1 atom stereocenters. The minimum atomic E-state index is -0.337. The van der Waals surface area contributed by atoms with Gasteiger partial charge in [0.1, 0.15) is 30.5 Å². The second-order valence-electron chi connectivity index (χ2n) is 4.64. The van der Waals surface area contributed by atoms with Crippen LogP contribution in [-0.4, -0.2) is 6.61 Å². The van der Waals surface area contributed by atoms with Crippen LogP contribution in [0.3, 0.4) is 0 Å². The van der Waals surface area contributed by atoms with Gasteiger partial charge in [-0.1, -0.05) is 11.6 Å². The van der Waals surface area contributed by atoms with Crippen LogP contribution in [0.25, 0.3) is 0 Å². The second kappa shape index (κ2) is 5.31. The molecule has 3 nitrogen and oxygen atoms in total. The van der Waals surface area contributed by atoms with Gasteiger partial charge in [0.25, 0.3) is 0 Å². The van der Waals surface area contributed by atoms with Crippen LogP contribution >= 0.6 is 11.6 Å². The molecule has 1 aliphatic rings. The van der Waals surface area contributed by atoms with Crippen LogP contribution in [0.4, 0.5) is 4.39 Å². The van der Waals surface area contributed by atoms with E-state index in [0.29, 0.717) is 22.9 Å². The van der Waals surface area contributed by atoms with Crippen LogP contribution < -0.4 is 15.2 Å². The standard InChI is InChI=1S/C15H13ClFNO2/c16-13-4-1-10(17)5-9(13)7-19-11-2-3-12-14(18)8-20-15(12)6-11/h1-6,14H,7-8,18H2. The van der Waals surface area contributed by atoms with Crippen molar-refractivity contribution in [1.29, 1.82) is 0 Å². The first-order chi connectivity index (χ1) is 9.63. The number of rotatable bonds is 3. The fourth-order valence-corrected chi connectivity index (χ4v) is 2.29. The topological polar surface area (TPSA) is 44.5 Å². The largest absolute Gasteiger partial charge is 0.491 e. The van der Waals surface area contributed by atoms with Crippen LogP contribution in [0.1, 0.15) is 17.2 Å². The van der Waals surface area contributed by atoms with E-state index in [0.717, 1.165) is 11.3 Å². The van der Waals surface area contributed by atoms with E-state index in [1.54, 1.807) is 6.07 Å². The van der Waals surface area contributed by atoms with Crippen molar-refractivity contribution in [1.82, 2.24) is 0 Å². The van der Waals surface area contributed by atoms with Crippen molar-refractivity contribution < 1.29 is 13.9 Å². The van der Waals surface area contributed by atoms with Crippen LogP contribution in [0, 0.1) is 5.82 Å². The summed E-state index contributed by atoms with van der Waals surface area (Å²) in [6.07, 6.45) is 0. The first-order valence-electron chi connectivity index (χ1n) is 6.22. The van der Waals surface area contributed by atoms with Gasteiger partial charge in [0.15, 0.2) is 0 Å². The van der Waals surface area contributed by atoms with Gasteiger partial charge < -0.3 is 15.2 Å². The molecule has 1 heterocycles. The zero-order valence-corrected chi connectivity index (χ0v) is 11.4. The molecule has 0 radical (unpaired) electrons. The molecule has 0 amide bonds. The summed E-state index contributed by atoms with van der Waals surface area (Å²) < 4.78 is 24.2. The first-order valence-corrected chi connectivity index (χ1v) is 6.60. The third-order valence-corrected chi connectivity index (χ3v) is 3.57. The number of nitrogens with two attached hydrogens (primary N) is 1. The zero-order valence-electron chi connectivity index (χ0n) is 10.6. The Bertz CT molecular complexity index is 648. The fourth-order valence-electron chi connectivity index (χ4n) is 2.12. The predicted molar refractivity (Wildman–Crippen MR) is 74.6 cm³/mol. The van der Waals surface area contributed by atoms with E-state index >= 15 is 0 Å². The van der Waals surface area contributed by atoms with Gasteiger partial charge in [0, 0.05) is 22.2 Å². The molecule has 20 heavy (non-hydrogen) atoms. The summed E-state index contributed by atoms with van der Waals surface area (Å²) in [4.78, 5) is 0. The lowest BCUT2D eigenvalue weighted by Crippen LogP contribution is -2.10. The molecule has 0 aromatic heterocycles. The Kier molecular flexibility index (Phi) is 3.51. The van der Waals surface area contributed by atoms with Gasteiger partial charge in [-0.3, -0.25) is 0 Å². The quantitative estimate of drug-likeness (QED) is 0.942. The van der Waals surface area contributed by atoms with E-state index in [1.165, 1.54) is 18.2 Å². The van der Waals surface area contributed by atoms with Gasteiger partial charge in [0.05, 0.1) is 6.04 Å². The maximum absolute atomic E-state index is 13.1. The van der Waals surface area contributed by atoms with Crippen molar-refractivity contribution in [2.45, 2.75) is 12.6 Å². The van der Waals surface area contributed by atoms with Gasteiger partial charge >= 0.3 is 0 Å². The molecule has 5 heteroatoms. The molecule has 0 bridgehead atoms. The Labute approximate surface area is 121 Å². The van der Waals surface area contributed by atoms with E-state index in [1.807, 2.05) is 12.1 Å². The highest BCUT2D eigenvalue weighted by atomic mass is 35.5. The summed E-state index contributed by atoms with van der Waals surface area (Å²) in [6.45, 7) is 0.677. The summed E-state index contributed by atoms with van der Waals surface area (Å²) in [5.74, 6) is 1.04. The van der Waals surface area contributed by atoms with Crippen LogP contribution in [0.15, 0.2) is 36.4 Å². The van der Waals surface area contributed by atoms with Crippen molar-refractivity contribution in [2.24, 2.45) is 5.73 Å². The lowest BCUT2D eigenvalue weighted by atomic mass is 10.1. The summed E-state index contributed by atoms with van der Waals surface area (Å²) >= 11 is 5.99. The molecular formula is C15H13ClFNO2. The predicted octanol–water partition coefficient (Wildman–Crippen LogP) is 3.45. The van der Waals surface area contributed by atoms with Gasteiger partial charge in [-0.25, -0.2) is 4.39 Å². The minimum absolute atomic E-state index is 0.0864. The lowest BCUT2D eigenvalue weighted by molar-refractivity contribution is 0.300. The lowest BCUT2D eigenvalue weighted by Gasteiger charge is -2.09. The smallest absolute Gasteiger partial charge is 0.127 e. The first kappa shape index (κ1) is 13.2. The average Bonchev–Trinajstić information content (AvgIpc) is 2.81. The highest BCUT2D eigenvalue weighted by Gasteiger charge is 2.20. The van der Waals surface area contributed by atoms with E-state index in [4.69, 9.17) is 26.8 Å². The molecule has 0 spiro atoms. The van der Waals surface area contributed by atoms with E-state index in [-0.39, 0.29) is 18.5 Å². The summed E-state index contributed by atoms with van der Waals surface area (Å²) in [7, 11) is 0. The van der Waals surface area contributed by atoms with Crippen molar-refractivity contribution in [3.63, 3.8) is 0 Å². The molecule has 2 N–H and O–H groups in total. The van der Waals surface area contributed by atoms with Gasteiger partial charge in [0.2, 0.25) is 0 Å². The van der Waals surface area contributed by atoms with Gasteiger partial charge in [-0.05, 0) is 30.3 Å². The molecule has 3 rings (SSSR count). The maximum Gasteiger partial charge on any atom is 0.127 e. The minimum Gasteiger partial charge on any atom is -0.491 e. The Morgan fingerprint density at radius 1 is 1.30 bits per heavy atom. The van der Waals surface area contributed by atoms with Crippen molar-refractivity contribution >= 4 is 11.6 Å². The number of hydrogen-bond donors (Lipinski definition) is 1. The van der Waals surface area contributed by atoms with E-state index in [9.17, 15) is 4.39 Å². The van der Waals surface area contributed by atoms with Gasteiger partial charge in [-0.2, -0.15) is 0 Å². The van der Waals surface area contributed by atoms with Gasteiger partial charge in [-0.15, -0.1) is 0 Å².